The third-order valence-electron chi connectivity index (χ3n) is 3.59. The van der Waals surface area contributed by atoms with E-state index in [1.807, 2.05) is 6.07 Å². The lowest BCUT2D eigenvalue weighted by Crippen LogP contribution is -2.55. The van der Waals surface area contributed by atoms with E-state index in [0.29, 0.717) is 32.5 Å². The first-order valence-corrected chi connectivity index (χ1v) is 6.12. The second-order valence-electron chi connectivity index (χ2n) is 4.93. The van der Waals surface area contributed by atoms with Crippen LogP contribution in [0.15, 0.2) is 0 Å². The van der Waals surface area contributed by atoms with Gasteiger partial charge in [-0.25, -0.2) is 0 Å². The van der Waals surface area contributed by atoms with E-state index in [9.17, 15) is 9.90 Å². The molecule has 2 aliphatic heterocycles. The molecule has 2 aliphatic rings. The van der Waals surface area contributed by atoms with E-state index in [-0.39, 0.29) is 24.0 Å². The fourth-order valence-electron chi connectivity index (χ4n) is 2.78. The van der Waals surface area contributed by atoms with Gasteiger partial charge in [0.05, 0.1) is 17.8 Å². The number of hydrogen-bond donors (Lipinski definition) is 1. The van der Waals surface area contributed by atoms with E-state index < -0.39 is 0 Å². The predicted molar refractivity (Wildman–Crippen MR) is 60.0 cm³/mol. The molecule has 0 bridgehead atoms. The summed E-state index contributed by atoms with van der Waals surface area (Å²) in [4.78, 5) is 13.4. The van der Waals surface area contributed by atoms with Crippen molar-refractivity contribution in [3.63, 3.8) is 0 Å². The zero-order chi connectivity index (χ0) is 12.3. The van der Waals surface area contributed by atoms with Crippen molar-refractivity contribution in [1.29, 1.82) is 5.26 Å². The maximum Gasteiger partial charge on any atom is 0.236 e. The molecule has 2 fully saturated rings. The van der Waals surface area contributed by atoms with Gasteiger partial charge in [-0.2, -0.15) is 5.26 Å². The second-order valence-corrected chi connectivity index (χ2v) is 4.93. The molecule has 0 aromatic carbocycles. The van der Waals surface area contributed by atoms with Gasteiger partial charge in [0.1, 0.15) is 6.42 Å². The topological polar surface area (TPSA) is 73.6 Å². The summed E-state index contributed by atoms with van der Waals surface area (Å²) in [6.07, 6.45) is 2.65. The van der Waals surface area contributed by atoms with Crippen LogP contribution in [0, 0.1) is 11.3 Å². The van der Waals surface area contributed by atoms with E-state index in [1.54, 1.807) is 4.90 Å². The Kier molecular flexibility index (Phi) is 3.65. The highest BCUT2D eigenvalue weighted by Gasteiger charge is 2.41. The van der Waals surface area contributed by atoms with Gasteiger partial charge in [-0.3, -0.25) is 4.79 Å². The zero-order valence-corrected chi connectivity index (χ0v) is 9.89. The summed E-state index contributed by atoms with van der Waals surface area (Å²) in [5, 5.41) is 18.3. The normalized spacial score (nSPS) is 33.4. The smallest absolute Gasteiger partial charge is 0.236 e. The van der Waals surface area contributed by atoms with Crippen LogP contribution in [0.4, 0.5) is 0 Å². The van der Waals surface area contributed by atoms with Crippen LogP contribution in [0.2, 0.25) is 0 Å². The average Bonchev–Trinajstić information content (AvgIpc) is 2.29. The molecule has 0 radical (unpaired) electrons. The van der Waals surface area contributed by atoms with Gasteiger partial charge in [-0.05, 0) is 19.3 Å². The van der Waals surface area contributed by atoms with Gasteiger partial charge in [0, 0.05) is 26.1 Å². The molecule has 2 unspecified atom stereocenters. The van der Waals surface area contributed by atoms with Gasteiger partial charge in [0.25, 0.3) is 0 Å². The Balaban J connectivity index is 2.01. The fourth-order valence-corrected chi connectivity index (χ4v) is 2.78. The molecule has 94 valence electrons. The summed E-state index contributed by atoms with van der Waals surface area (Å²) in [5.74, 6) is -0.129. The van der Waals surface area contributed by atoms with Crippen molar-refractivity contribution in [1.82, 2.24) is 4.90 Å². The number of carbonyl (C=O) groups excluding carboxylic acids is 1. The number of nitriles is 1. The first-order valence-electron chi connectivity index (χ1n) is 6.12. The summed E-state index contributed by atoms with van der Waals surface area (Å²) in [5.41, 5.74) is -0.374. The van der Waals surface area contributed by atoms with Gasteiger partial charge in [-0.15, -0.1) is 0 Å². The van der Waals surface area contributed by atoms with Crippen molar-refractivity contribution >= 4 is 5.91 Å². The van der Waals surface area contributed by atoms with Crippen LogP contribution in [0.1, 0.15) is 32.1 Å². The van der Waals surface area contributed by atoms with Crippen LogP contribution in [-0.2, 0) is 9.53 Å². The van der Waals surface area contributed by atoms with Gasteiger partial charge < -0.3 is 14.7 Å². The zero-order valence-electron chi connectivity index (χ0n) is 9.89. The van der Waals surface area contributed by atoms with E-state index in [1.165, 1.54) is 0 Å². The second kappa shape index (κ2) is 5.03. The van der Waals surface area contributed by atoms with Crippen LogP contribution >= 0.6 is 0 Å². The van der Waals surface area contributed by atoms with E-state index in [4.69, 9.17) is 10.00 Å². The highest BCUT2D eigenvalue weighted by atomic mass is 16.5. The van der Waals surface area contributed by atoms with Crippen molar-refractivity contribution < 1.29 is 14.6 Å². The molecule has 2 heterocycles. The van der Waals surface area contributed by atoms with E-state index in [2.05, 4.69) is 0 Å². The summed E-state index contributed by atoms with van der Waals surface area (Å²) >= 11 is 0. The highest BCUT2D eigenvalue weighted by Crippen LogP contribution is 2.33. The van der Waals surface area contributed by atoms with Crippen molar-refractivity contribution in [2.24, 2.45) is 0 Å². The van der Waals surface area contributed by atoms with Crippen LogP contribution in [-0.4, -0.2) is 47.3 Å². The Morgan fingerprint density at radius 3 is 3.18 bits per heavy atom. The minimum atomic E-state index is -0.374. The number of amides is 1. The van der Waals surface area contributed by atoms with Crippen LogP contribution in [0.25, 0.3) is 0 Å². The van der Waals surface area contributed by atoms with Crippen molar-refractivity contribution in [3.05, 3.63) is 0 Å². The average molecular weight is 238 g/mol. The number of ether oxygens (including phenoxy) is 1. The van der Waals surface area contributed by atoms with Crippen LogP contribution in [0.3, 0.4) is 0 Å². The number of carbonyl (C=O) groups is 1. The minimum absolute atomic E-state index is 0.0708. The van der Waals surface area contributed by atoms with Gasteiger partial charge in [-0.1, -0.05) is 0 Å². The molecule has 1 N–H and O–H groups in total. The monoisotopic (exact) mass is 238 g/mol. The Bertz CT molecular complexity index is 335. The molecule has 0 saturated carbocycles. The Morgan fingerprint density at radius 1 is 1.65 bits per heavy atom. The predicted octanol–water partition coefficient (Wildman–Crippen LogP) is 0.433. The molecule has 5 nitrogen and oxygen atoms in total. The molecule has 0 aromatic heterocycles. The minimum Gasteiger partial charge on any atom is -0.393 e. The molecule has 1 spiro atoms. The van der Waals surface area contributed by atoms with Crippen molar-refractivity contribution in [3.8, 4) is 6.07 Å². The number of likely N-dealkylation sites (tertiary alicyclic amines) is 1. The third kappa shape index (κ3) is 2.76. The lowest BCUT2D eigenvalue weighted by molar-refractivity contribution is -0.160. The summed E-state index contributed by atoms with van der Waals surface area (Å²) in [6, 6.07) is 1.88. The van der Waals surface area contributed by atoms with Crippen LogP contribution < -0.4 is 0 Å². The summed E-state index contributed by atoms with van der Waals surface area (Å²) in [7, 11) is 0. The molecule has 2 rings (SSSR count). The molecule has 2 atom stereocenters. The molecule has 0 aliphatic carbocycles. The standard InChI is InChI=1S/C12H18N2O3/c13-5-2-11(16)14-6-1-4-12(9-14)8-10(15)3-7-17-12/h10,15H,1-4,6-9H2. The summed E-state index contributed by atoms with van der Waals surface area (Å²) in [6.45, 7) is 1.77. The van der Waals surface area contributed by atoms with Gasteiger partial charge in [0.15, 0.2) is 0 Å². The molecule has 5 heteroatoms. The van der Waals surface area contributed by atoms with Gasteiger partial charge in [0.2, 0.25) is 5.91 Å². The largest absolute Gasteiger partial charge is 0.393 e. The third-order valence-corrected chi connectivity index (χ3v) is 3.59. The number of piperidine rings is 1. The molecule has 2 saturated heterocycles. The first-order chi connectivity index (χ1) is 8.15. The SMILES string of the molecule is N#CCC(=O)N1CCCC2(CC(O)CCO2)C1. The number of hydrogen-bond acceptors (Lipinski definition) is 4. The van der Waals surface area contributed by atoms with E-state index >= 15 is 0 Å². The Labute approximate surface area is 101 Å². The molecular weight excluding hydrogens is 220 g/mol. The van der Waals surface area contributed by atoms with E-state index in [0.717, 1.165) is 12.8 Å². The Hall–Kier alpha value is -1.12. The molecular formula is C12H18N2O3. The van der Waals surface area contributed by atoms with Gasteiger partial charge >= 0.3 is 0 Å². The summed E-state index contributed by atoms with van der Waals surface area (Å²) < 4.78 is 5.80. The highest BCUT2D eigenvalue weighted by molar-refractivity contribution is 5.78. The number of rotatable bonds is 1. The maximum atomic E-state index is 11.7. The number of aliphatic hydroxyl groups excluding tert-OH is 1. The number of nitrogens with zero attached hydrogens (tertiary/aromatic N) is 2. The molecule has 17 heavy (non-hydrogen) atoms. The fraction of sp³-hybridized carbons (Fsp3) is 0.833. The quantitative estimate of drug-likeness (QED) is 0.719. The molecule has 1 amide bonds. The lowest BCUT2D eigenvalue weighted by Gasteiger charge is -2.46. The maximum absolute atomic E-state index is 11.7. The van der Waals surface area contributed by atoms with Crippen LogP contribution in [0.5, 0.6) is 0 Å². The van der Waals surface area contributed by atoms with Crippen molar-refractivity contribution in [2.75, 3.05) is 19.7 Å². The number of aliphatic hydroxyl groups is 1. The molecule has 0 aromatic rings. The lowest BCUT2D eigenvalue weighted by atomic mass is 9.84. The van der Waals surface area contributed by atoms with Crippen molar-refractivity contribution in [2.45, 2.75) is 43.8 Å². The first kappa shape index (κ1) is 12.3. The Morgan fingerprint density at radius 2 is 2.47 bits per heavy atom.